The number of benzene rings is 3. The van der Waals surface area contributed by atoms with Crippen LogP contribution in [0.4, 0.5) is 0 Å². The van der Waals surface area contributed by atoms with Gasteiger partial charge in [-0.15, -0.1) is 0 Å². The van der Waals surface area contributed by atoms with Gasteiger partial charge < -0.3 is 4.42 Å². The van der Waals surface area contributed by atoms with E-state index in [1.807, 2.05) is 6.07 Å². The Morgan fingerprint density at radius 2 is 1.65 bits per heavy atom. The van der Waals surface area contributed by atoms with E-state index in [4.69, 9.17) is 4.42 Å². The minimum Gasteiger partial charge on any atom is -0.455 e. The average molecular weight is 409 g/mol. The van der Waals surface area contributed by atoms with Crippen LogP contribution in [0.15, 0.2) is 59.0 Å². The van der Waals surface area contributed by atoms with Crippen LogP contribution in [0.25, 0.3) is 44.1 Å². The van der Waals surface area contributed by atoms with Crippen molar-refractivity contribution < 1.29 is 8.98 Å². The monoisotopic (exact) mass is 408 g/mol. The van der Waals surface area contributed by atoms with Crippen LogP contribution in [-0.4, -0.2) is 0 Å². The molecule has 5 rings (SSSR count). The Morgan fingerprint density at radius 1 is 0.871 bits per heavy atom. The van der Waals surface area contributed by atoms with Crippen LogP contribution in [0.3, 0.4) is 0 Å². The van der Waals surface area contributed by atoms with E-state index in [-0.39, 0.29) is 0 Å². The maximum absolute atomic E-state index is 6.47. The normalized spacial score (nSPS) is 12.0. The summed E-state index contributed by atoms with van der Waals surface area (Å²) in [6, 6.07) is 19.9. The van der Waals surface area contributed by atoms with Crippen LogP contribution in [0, 0.1) is 26.7 Å². The first-order valence-corrected chi connectivity index (χ1v) is 11.2. The lowest BCUT2D eigenvalue weighted by Gasteiger charge is -2.14. The molecule has 0 aliphatic rings. The van der Waals surface area contributed by atoms with Gasteiger partial charge >= 0.3 is 0 Å². The number of pyridine rings is 1. The summed E-state index contributed by atoms with van der Waals surface area (Å²) in [6.07, 6.45) is 1.06. The van der Waals surface area contributed by atoms with Crippen molar-refractivity contribution >= 4 is 32.8 Å². The highest BCUT2D eigenvalue weighted by Gasteiger charge is 2.25. The molecule has 0 fully saturated rings. The van der Waals surface area contributed by atoms with E-state index in [0.29, 0.717) is 5.92 Å². The van der Waals surface area contributed by atoms with Crippen molar-refractivity contribution in [2.45, 2.75) is 41.0 Å². The molecule has 0 aliphatic heterocycles. The standard InChI is InChI=1S/C29H30NO/c1-17(2)13-21-16-26(30(6)25-14-18(3)11-12-22(21)25)28-20(5)19(4)15-24-23-9-7-8-10-27(23)31-29(24)28/h7-12,14-17H,13H2,1-6H3/q+1. The molecule has 3 aromatic carbocycles. The van der Waals surface area contributed by atoms with E-state index < -0.39 is 0 Å². The zero-order valence-corrected chi connectivity index (χ0v) is 19.3. The third-order valence-corrected chi connectivity index (χ3v) is 6.61. The zero-order chi connectivity index (χ0) is 21.9. The third kappa shape index (κ3) is 3.13. The molecule has 156 valence electrons. The average Bonchev–Trinajstić information content (AvgIpc) is 3.09. The van der Waals surface area contributed by atoms with Crippen LogP contribution in [0.1, 0.15) is 36.1 Å². The van der Waals surface area contributed by atoms with Gasteiger partial charge in [0.1, 0.15) is 18.2 Å². The molecule has 0 N–H and O–H groups in total. The van der Waals surface area contributed by atoms with Crippen LogP contribution < -0.4 is 4.57 Å². The molecule has 0 bridgehead atoms. The molecular formula is C29H30NO+. The fourth-order valence-corrected chi connectivity index (χ4v) is 4.90. The fourth-order valence-electron chi connectivity index (χ4n) is 4.90. The third-order valence-electron chi connectivity index (χ3n) is 6.61. The second kappa shape index (κ2) is 7.23. The summed E-state index contributed by atoms with van der Waals surface area (Å²) < 4.78 is 8.82. The summed E-state index contributed by atoms with van der Waals surface area (Å²) in [4.78, 5) is 0. The highest BCUT2D eigenvalue weighted by Crippen LogP contribution is 2.39. The van der Waals surface area contributed by atoms with Crippen LogP contribution >= 0.6 is 0 Å². The Bertz CT molecular complexity index is 1470. The smallest absolute Gasteiger partial charge is 0.217 e. The highest BCUT2D eigenvalue weighted by molar-refractivity contribution is 6.10. The molecule has 0 amide bonds. The van der Waals surface area contributed by atoms with E-state index in [2.05, 4.69) is 94.8 Å². The summed E-state index contributed by atoms with van der Waals surface area (Å²) in [5.41, 5.74) is 10.9. The Hall–Kier alpha value is -3.13. The van der Waals surface area contributed by atoms with Gasteiger partial charge in [0.2, 0.25) is 11.2 Å². The molecule has 5 aromatic rings. The number of fused-ring (bicyclic) bond motifs is 4. The van der Waals surface area contributed by atoms with E-state index in [1.54, 1.807) is 0 Å². The zero-order valence-electron chi connectivity index (χ0n) is 19.3. The van der Waals surface area contributed by atoms with Crippen molar-refractivity contribution in [1.82, 2.24) is 0 Å². The van der Waals surface area contributed by atoms with Gasteiger partial charge in [0.25, 0.3) is 0 Å². The maximum Gasteiger partial charge on any atom is 0.217 e. The van der Waals surface area contributed by atoms with Gasteiger partial charge in [-0.3, -0.25) is 0 Å². The number of nitrogens with zero attached hydrogens (tertiary/aromatic N) is 1. The minimum atomic E-state index is 0.592. The van der Waals surface area contributed by atoms with Gasteiger partial charge in [0.15, 0.2) is 0 Å². The first-order valence-electron chi connectivity index (χ1n) is 11.2. The molecule has 31 heavy (non-hydrogen) atoms. The summed E-state index contributed by atoms with van der Waals surface area (Å²) in [7, 11) is 2.19. The highest BCUT2D eigenvalue weighted by atomic mass is 16.3. The first-order chi connectivity index (χ1) is 14.8. The first kappa shape index (κ1) is 19.8. The van der Waals surface area contributed by atoms with Crippen molar-refractivity contribution in [2.24, 2.45) is 13.0 Å². The fraction of sp³-hybridized carbons (Fsp3) is 0.276. The molecule has 2 heterocycles. The number of aryl methyl sites for hydroxylation is 3. The van der Waals surface area contributed by atoms with E-state index in [1.165, 1.54) is 55.2 Å². The van der Waals surface area contributed by atoms with Crippen LogP contribution in [0.2, 0.25) is 0 Å². The van der Waals surface area contributed by atoms with Crippen molar-refractivity contribution in [3.8, 4) is 11.3 Å². The lowest BCUT2D eigenvalue weighted by atomic mass is 9.92. The van der Waals surface area contributed by atoms with Gasteiger partial charge in [0.05, 0.1) is 5.56 Å². The van der Waals surface area contributed by atoms with Crippen molar-refractivity contribution in [3.63, 3.8) is 0 Å². The molecular weight excluding hydrogens is 378 g/mol. The summed E-state index contributed by atoms with van der Waals surface area (Å²) in [5, 5.41) is 3.73. The van der Waals surface area contributed by atoms with Crippen LogP contribution in [-0.2, 0) is 13.5 Å². The number of hydrogen-bond acceptors (Lipinski definition) is 1. The second-order valence-corrected chi connectivity index (χ2v) is 9.40. The number of rotatable bonds is 3. The number of furan rings is 1. The maximum atomic E-state index is 6.47. The van der Waals surface area contributed by atoms with Crippen molar-refractivity contribution in [3.05, 3.63) is 76.9 Å². The van der Waals surface area contributed by atoms with Gasteiger partial charge in [-0.05, 0) is 73.6 Å². The largest absolute Gasteiger partial charge is 0.455 e. The van der Waals surface area contributed by atoms with Gasteiger partial charge in [-0.1, -0.05) is 38.1 Å². The topological polar surface area (TPSA) is 17.0 Å². The molecule has 0 spiro atoms. The quantitative estimate of drug-likeness (QED) is 0.285. The molecule has 0 unspecified atom stereocenters. The van der Waals surface area contributed by atoms with Gasteiger partial charge in [-0.25, -0.2) is 0 Å². The summed E-state index contributed by atoms with van der Waals surface area (Å²) in [6.45, 7) is 11.2. The molecule has 0 saturated heterocycles. The second-order valence-electron chi connectivity index (χ2n) is 9.40. The van der Waals surface area contributed by atoms with Gasteiger partial charge in [-0.2, -0.15) is 4.57 Å². The molecule has 0 aliphatic carbocycles. The van der Waals surface area contributed by atoms with E-state index in [9.17, 15) is 0 Å². The van der Waals surface area contributed by atoms with E-state index in [0.717, 1.165) is 17.6 Å². The Balaban J connectivity index is 1.93. The summed E-state index contributed by atoms with van der Waals surface area (Å²) in [5.74, 6) is 0.592. The Kier molecular flexibility index (Phi) is 4.62. The molecule has 0 saturated carbocycles. The molecule has 0 atom stereocenters. The SMILES string of the molecule is Cc1ccc2c(CC(C)C)cc(-c3c(C)c(C)cc4c3oc3ccccc34)[n+](C)c2c1. The number of para-hydroxylation sites is 1. The van der Waals surface area contributed by atoms with E-state index >= 15 is 0 Å². The summed E-state index contributed by atoms with van der Waals surface area (Å²) >= 11 is 0. The molecule has 2 aromatic heterocycles. The predicted octanol–water partition coefficient (Wildman–Crippen LogP) is 7.35. The Morgan fingerprint density at radius 3 is 2.42 bits per heavy atom. The van der Waals surface area contributed by atoms with Crippen molar-refractivity contribution in [2.75, 3.05) is 0 Å². The lowest BCUT2D eigenvalue weighted by Crippen LogP contribution is -2.33. The predicted molar refractivity (Wildman–Crippen MR) is 131 cm³/mol. The van der Waals surface area contributed by atoms with Crippen LogP contribution in [0.5, 0.6) is 0 Å². The minimum absolute atomic E-state index is 0.592. The van der Waals surface area contributed by atoms with Gasteiger partial charge in [0, 0.05) is 28.3 Å². The Labute approximate surface area is 184 Å². The number of hydrogen-bond donors (Lipinski definition) is 0. The lowest BCUT2D eigenvalue weighted by molar-refractivity contribution is -0.633. The van der Waals surface area contributed by atoms with Crippen molar-refractivity contribution in [1.29, 1.82) is 0 Å². The molecule has 0 radical (unpaired) electrons. The molecule has 2 nitrogen and oxygen atoms in total. The molecule has 2 heteroatoms. The number of aromatic nitrogens is 1.